The number of nitrogens with one attached hydrogen (secondary N) is 1. The Balaban J connectivity index is 1.57. The molecule has 0 unspecified atom stereocenters. The van der Waals surface area contributed by atoms with Crippen LogP contribution in [-0.2, 0) is 24.2 Å². The van der Waals surface area contributed by atoms with Crippen LogP contribution in [0.3, 0.4) is 0 Å². The van der Waals surface area contributed by atoms with Gasteiger partial charge in [0.1, 0.15) is 5.82 Å². The van der Waals surface area contributed by atoms with Crippen LogP contribution in [0.15, 0.2) is 46.9 Å². The van der Waals surface area contributed by atoms with Crippen molar-refractivity contribution in [3.05, 3.63) is 69.6 Å². The van der Waals surface area contributed by atoms with E-state index in [2.05, 4.69) is 27.0 Å². The fraction of sp³-hybridized carbons (Fsp3) is 0.211. The molecule has 5 heteroatoms. The minimum atomic E-state index is -0.279. The van der Waals surface area contributed by atoms with Crippen LogP contribution in [0.4, 0.5) is 4.39 Å². The van der Waals surface area contributed by atoms with Gasteiger partial charge in [0.25, 0.3) is 0 Å². The van der Waals surface area contributed by atoms with Crippen LogP contribution >= 0.6 is 15.9 Å². The van der Waals surface area contributed by atoms with Gasteiger partial charge in [-0.15, -0.1) is 0 Å². The molecule has 3 aromatic rings. The number of aromatic nitrogens is 1. The molecule has 0 bridgehead atoms. The van der Waals surface area contributed by atoms with Gasteiger partial charge >= 0.3 is 0 Å². The molecule has 0 aliphatic carbocycles. The highest BCUT2D eigenvalue weighted by Gasteiger charge is 2.24. The fourth-order valence-corrected chi connectivity index (χ4v) is 3.77. The van der Waals surface area contributed by atoms with Gasteiger partial charge in [-0.2, -0.15) is 0 Å². The highest BCUT2D eigenvalue weighted by atomic mass is 79.9. The number of amides is 1. The Kier molecular flexibility index (Phi) is 3.88. The summed E-state index contributed by atoms with van der Waals surface area (Å²) in [7, 11) is 0. The molecule has 1 N–H and O–H groups in total. The summed E-state index contributed by atoms with van der Waals surface area (Å²) in [6, 6.07) is 12.3. The molecule has 1 amide bonds. The number of fused-ring (bicyclic) bond motifs is 3. The van der Waals surface area contributed by atoms with Crippen molar-refractivity contribution in [1.29, 1.82) is 0 Å². The zero-order valence-electron chi connectivity index (χ0n) is 13.0. The number of carbonyl (C=O) groups excluding carboxylic acids is 1. The van der Waals surface area contributed by atoms with Gasteiger partial charge in [0.15, 0.2) is 0 Å². The number of halogens is 2. The molecule has 4 rings (SSSR count). The van der Waals surface area contributed by atoms with Crippen molar-refractivity contribution in [3.8, 4) is 0 Å². The van der Waals surface area contributed by atoms with E-state index in [1.807, 2.05) is 17.0 Å². The summed E-state index contributed by atoms with van der Waals surface area (Å²) >= 11 is 3.57. The zero-order valence-corrected chi connectivity index (χ0v) is 14.6. The summed E-state index contributed by atoms with van der Waals surface area (Å²) in [5, 5.41) is 1.17. The lowest BCUT2D eigenvalue weighted by molar-refractivity contribution is -0.131. The average molecular weight is 387 g/mol. The van der Waals surface area contributed by atoms with Gasteiger partial charge in [0, 0.05) is 40.6 Å². The van der Waals surface area contributed by atoms with E-state index in [1.54, 1.807) is 12.1 Å². The molecule has 2 heterocycles. The van der Waals surface area contributed by atoms with Crippen LogP contribution in [0.2, 0.25) is 0 Å². The summed E-state index contributed by atoms with van der Waals surface area (Å²) in [5.41, 5.74) is 4.34. The molecular formula is C19H16BrFN2O. The summed E-state index contributed by atoms with van der Waals surface area (Å²) in [5.74, 6) is -0.199. The molecule has 1 aliphatic heterocycles. The lowest BCUT2D eigenvalue weighted by Gasteiger charge is -2.27. The first-order valence-corrected chi connectivity index (χ1v) is 8.71. The van der Waals surface area contributed by atoms with Gasteiger partial charge in [-0.05, 0) is 39.7 Å². The molecule has 24 heavy (non-hydrogen) atoms. The van der Waals surface area contributed by atoms with Crippen molar-refractivity contribution < 1.29 is 9.18 Å². The molecule has 0 saturated carbocycles. The first kappa shape index (κ1) is 15.4. The number of aromatic amines is 1. The van der Waals surface area contributed by atoms with E-state index < -0.39 is 0 Å². The first-order valence-electron chi connectivity index (χ1n) is 7.92. The van der Waals surface area contributed by atoms with Gasteiger partial charge in [0.2, 0.25) is 5.91 Å². The van der Waals surface area contributed by atoms with E-state index in [4.69, 9.17) is 0 Å². The summed E-state index contributed by atoms with van der Waals surface area (Å²) in [6.45, 7) is 1.32. The molecular weight excluding hydrogens is 371 g/mol. The molecule has 0 spiro atoms. The minimum absolute atomic E-state index is 0.0802. The van der Waals surface area contributed by atoms with Crippen LogP contribution in [0.5, 0.6) is 0 Å². The van der Waals surface area contributed by atoms with Crippen LogP contribution in [0.25, 0.3) is 10.9 Å². The van der Waals surface area contributed by atoms with Crippen molar-refractivity contribution in [2.75, 3.05) is 6.54 Å². The fourth-order valence-electron chi connectivity index (χ4n) is 3.30. The second-order valence-electron chi connectivity index (χ2n) is 6.11. The Morgan fingerprint density at radius 2 is 2.00 bits per heavy atom. The molecule has 122 valence electrons. The van der Waals surface area contributed by atoms with E-state index in [0.717, 1.165) is 22.0 Å². The maximum Gasteiger partial charge on any atom is 0.227 e. The van der Waals surface area contributed by atoms with E-state index in [0.29, 0.717) is 19.5 Å². The number of para-hydroxylation sites is 1. The third-order valence-corrected chi connectivity index (χ3v) is 5.24. The van der Waals surface area contributed by atoms with Crippen molar-refractivity contribution in [2.24, 2.45) is 0 Å². The molecule has 0 radical (unpaired) electrons. The first-order chi connectivity index (χ1) is 11.6. The maximum absolute atomic E-state index is 13.0. The monoisotopic (exact) mass is 386 g/mol. The molecule has 0 atom stereocenters. The molecule has 0 saturated heterocycles. The lowest BCUT2D eigenvalue weighted by Crippen LogP contribution is -2.36. The second-order valence-corrected chi connectivity index (χ2v) is 6.97. The van der Waals surface area contributed by atoms with Crippen molar-refractivity contribution in [3.63, 3.8) is 0 Å². The van der Waals surface area contributed by atoms with Crippen molar-refractivity contribution in [2.45, 2.75) is 19.4 Å². The number of rotatable bonds is 2. The quantitative estimate of drug-likeness (QED) is 0.703. The van der Waals surface area contributed by atoms with Gasteiger partial charge < -0.3 is 9.88 Å². The predicted molar refractivity (Wildman–Crippen MR) is 95.2 cm³/mol. The average Bonchev–Trinajstić information content (AvgIpc) is 2.96. The molecule has 0 fully saturated rings. The maximum atomic E-state index is 13.0. The van der Waals surface area contributed by atoms with Crippen LogP contribution in [0.1, 0.15) is 16.8 Å². The smallest absolute Gasteiger partial charge is 0.227 e. The summed E-state index contributed by atoms with van der Waals surface area (Å²) in [6.07, 6.45) is 1.13. The third kappa shape index (κ3) is 2.73. The zero-order chi connectivity index (χ0) is 16.7. The SMILES string of the molecule is O=C(Cc1ccc(F)cc1)N1CCc2[nH]c3c(Br)cccc3c2C1. The summed E-state index contributed by atoms with van der Waals surface area (Å²) in [4.78, 5) is 18.0. The molecule has 1 aliphatic rings. The van der Waals surface area contributed by atoms with Gasteiger partial charge in [-0.3, -0.25) is 4.79 Å². The normalized spacial score (nSPS) is 14.0. The van der Waals surface area contributed by atoms with Gasteiger partial charge in [-0.1, -0.05) is 24.3 Å². The number of H-pyrrole nitrogens is 1. The van der Waals surface area contributed by atoms with Gasteiger partial charge in [-0.25, -0.2) is 4.39 Å². The number of carbonyl (C=O) groups is 1. The van der Waals surface area contributed by atoms with E-state index in [1.165, 1.54) is 28.8 Å². The Morgan fingerprint density at radius 1 is 1.21 bits per heavy atom. The number of hydrogen-bond acceptors (Lipinski definition) is 1. The number of hydrogen-bond donors (Lipinski definition) is 1. The van der Waals surface area contributed by atoms with Crippen LogP contribution < -0.4 is 0 Å². The molecule has 2 aromatic carbocycles. The Morgan fingerprint density at radius 3 is 2.79 bits per heavy atom. The van der Waals surface area contributed by atoms with E-state index >= 15 is 0 Å². The highest BCUT2D eigenvalue weighted by Crippen LogP contribution is 2.31. The molecule has 3 nitrogen and oxygen atoms in total. The van der Waals surface area contributed by atoms with Crippen LogP contribution in [0, 0.1) is 5.82 Å². The Labute approximate surface area is 147 Å². The minimum Gasteiger partial charge on any atom is -0.357 e. The highest BCUT2D eigenvalue weighted by molar-refractivity contribution is 9.10. The third-order valence-electron chi connectivity index (χ3n) is 4.58. The topological polar surface area (TPSA) is 36.1 Å². The standard InChI is InChI=1S/C19H16BrFN2O/c20-16-3-1-2-14-15-11-23(9-8-17(15)22-19(14)16)18(24)10-12-4-6-13(21)7-5-12/h1-7,22H,8-11H2. The number of nitrogens with zero attached hydrogens (tertiary/aromatic N) is 1. The van der Waals surface area contributed by atoms with E-state index in [-0.39, 0.29) is 11.7 Å². The lowest BCUT2D eigenvalue weighted by atomic mass is 10.0. The van der Waals surface area contributed by atoms with Crippen molar-refractivity contribution >= 4 is 32.7 Å². The number of benzene rings is 2. The Bertz CT molecular complexity index is 917. The van der Waals surface area contributed by atoms with E-state index in [9.17, 15) is 9.18 Å². The Hall–Kier alpha value is -2.14. The summed E-state index contributed by atoms with van der Waals surface area (Å²) < 4.78 is 14.0. The largest absolute Gasteiger partial charge is 0.357 e. The van der Waals surface area contributed by atoms with Crippen LogP contribution in [-0.4, -0.2) is 22.3 Å². The predicted octanol–water partition coefficient (Wildman–Crippen LogP) is 4.20. The molecule has 1 aromatic heterocycles. The van der Waals surface area contributed by atoms with Crippen molar-refractivity contribution in [1.82, 2.24) is 9.88 Å². The van der Waals surface area contributed by atoms with Gasteiger partial charge in [0.05, 0.1) is 11.9 Å². The second kappa shape index (κ2) is 6.06.